The van der Waals surface area contributed by atoms with Crippen LogP contribution in [0.1, 0.15) is 37.5 Å². The van der Waals surface area contributed by atoms with E-state index in [1.54, 1.807) is 11.0 Å². The van der Waals surface area contributed by atoms with Crippen molar-refractivity contribution in [1.82, 2.24) is 4.90 Å². The highest BCUT2D eigenvalue weighted by molar-refractivity contribution is 5.87. The molecule has 1 heterocycles. The Bertz CT molecular complexity index is 628. The lowest BCUT2D eigenvalue weighted by Crippen LogP contribution is -2.40. The molecule has 0 atom stereocenters. The van der Waals surface area contributed by atoms with Gasteiger partial charge >= 0.3 is 12.1 Å². The Morgan fingerprint density at radius 2 is 2.00 bits per heavy atom. The molecule has 23 heavy (non-hydrogen) atoms. The van der Waals surface area contributed by atoms with Crippen molar-refractivity contribution in [2.45, 2.75) is 39.3 Å². The predicted molar refractivity (Wildman–Crippen MR) is 87.8 cm³/mol. The molecule has 0 N–H and O–H groups in total. The molecule has 124 valence electrons. The van der Waals surface area contributed by atoms with Crippen LogP contribution < -0.4 is 0 Å². The van der Waals surface area contributed by atoms with Gasteiger partial charge in [-0.3, -0.25) is 0 Å². The second-order valence-electron chi connectivity index (χ2n) is 6.49. The number of ether oxygens (including phenoxy) is 2. The Morgan fingerprint density at radius 3 is 2.65 bits per heavy atom. The Morgan fingerprint density at radius 1 is 1.26 bits per heavy atom. The summed E-state index contributed by atoms with van der Waals surface area (Å²) < 4.78 is 10.0. The van der Waals surface area contributed by atoms with Crippen molar-refractivity contribution in [3.63, 3.8) is 0 Å². The van der Waals surface area contributed by atoms with Gasteiger partial charge in [-0.25, -0.2) is 9.59 Å². The van der Waals surface area contributed by atoms with Crippen LogP contribution in [0.15, 0.2) is 24.3 Å². The summed E-state index contributed by atoms with van der Waals surface area (Å²) in [5.74, 6) is -0.381. The van der Waals surface area contributed by atoms with Crippen molar-refractivity contribution in [2.75, 3.05) is 13.7 Å². The summed E-state index contributed by atoms with van der Waals surface area (Å²) in [4.78, 5) is 25.1. The quantitative estimate of drug-likeness (QED) is 0.621. The van der Waals surface area contributed by atoms with Crippen molar-refractivity contribution in [3.05, 3.63) is 41.0 Å². The molecule has 5 nitrogen and oxygen atoms in total. The highest BCUT2D eigenvalue weighted by Crippen LogP contribution is 2.25. The van der Waals surface area contributed by atoms with E-state index in [4.69, 9.17) is 4.74 Å². The van der Waals surface area contributed by atoms with E-state index in [-0.39, 0.29) is 12.1 Å². The molecule has 0 spiro atoms. The molecule has 0 unspecified atom stereocenters. The Labute approximate surface area is 136 Å². The number of esters is 1. The first-order valence-corrected chi connectivity index (χ1v) is 7.65. The number of amides is 1. The Balaban J connectivity index is 2.15. The van der Waals surface area contributed by atoms with Crippen LogP contribution in [0.2, 0.25) is 0 Å². The third-order valence-corrected chi connectivity index (χ3v) is 3.55. The van der Waals surface area contributed by atoms with E-state index < -0.39 is 5.60 Å². The number of fused-ring (bicyclic) bond motifs is 1. The number of carbonyl (C=O) groups is 2. The second-order valence-corrected chi connectivity index (χ2v) is 6.49. The van der Waals surface area contributed by atoms with E-state index in [1.807, 2.05) is 39.0 Å². The highest BCUT2D eigenvalue weighted by Gasteiger charge is 2.26. The average Bonchev–Trinajstić information content (AvgIpc) is 2.50. The zero-order valence-corrected chi connectivity index (χ0v) is 14.1. The van der Waals surface area contributed by atoms with Gasteiger partial charge < -0.3 is 14.4 Å². The van der Waals surface area contributed by atoms with Gasteiger partial charge in [-0.05, 0) is 50.0 Å². The molecule has 1 aromatic rings. The van der Waals surface area contributed by atoms with Gasteiger partial charge in [0.1, 0.15) is 5.60 Å². The molecule has 0 bridgehead atoms. The van der Waals surface area contributed by atoms with Gasteiger partial charge in [0.25, 0.3) is 0 Å². The number of hydrogen-bond donors (Lipinski definition) is 0. The molecule has 1 aliphatic heterocycles. The highest BCUT2D eigenvalue weighted by atomic mass is 16.6. The van der Waals surface area contributed by atoms with E-state index in [0.717, 1.165) is 23.1 Å². The molecule has 2 rings (SSSR count). The van der Waals surface area contributed by atoms with Crippen LogP contribution in [0.4, 0.5) is 4.79 Å². The zero-order valence-electron chi connectivity index (χ0n) is 14.1. The fourth-order valence-electron chi connectivity index (χ4n) is 2.50. The standard InChI is InChI=1S/C18H23NO4/c1-18(2,3)23-17(21)19-11-10-15-13(8-9-16(20)22-4)6-5-7-14(15)12-19/h5-9H,10-12H2,1-4H3/b9-8+. The molecule has 1 aliphatic rings. The maximum atomic E-state index is 12.2. The summed E-state index contributed by atoms with van der Waals surface area (Å²) in [5.41, 5.74) is 2.72. The fraction of sp³-hybridized carbons (Fsp3) is 0.444. The third-order valence-electron chi connectivity index (χ3n) is 3.55. The smallest absolute Gasteiger partial charge is 0.410 e. The maximum Gasteiger partial charge on any atom is 0.410 e. The van der Waals surface area contributed by atoms with Gasteiger partial charge in [-0.2, -0.15) is 0 Å². The lowest BCUT2D eigenvalue weighted by atomic mass is 9.94. The number of hydrogen-bond acceptors (Lipinski definition) is 4. The lowest BCUT2D eigenvalue weighted by Gasteiger charge is -2.31. The Kier molecular flexibility index (Phi) is 5.08. The molecule has 5 heteroatoms. The summed E-state index contributed by atoms with van der Waals surface area (Å²) >= 11 is 0. The SMILES string of the molecule is COC(=O)/C=C/c1cccc2c1CCN(C(=O)OC(C)(C)C)C2. The molecular weight excluding hydrogens is 294 g/mol. The predicted octanol–water partition coefficient (Wildman–Crippen LogP) is 3.17. The number of methoxy groups -OCH3 is 1. The third kappa shape index (κ3) is 4.58. The number of benzene rings is 1. The van der Waals surface area contributed by atoms with Crippen molar-refractivity contribution in [1.29, 1.82) is 0 Å². The van der Waals surface area contributed by atoms with E-state index in [0.29, 0.717) is 13.1 Å². The minimum Gasteiger partial charge on any atom is -0.466 e. The first-order valence-electron chi connectivity index (χ1n) is 7.65. The number of carbonyl (C=O) groups excluding carboxylic acids is 2. The Hall–Kier alpha value is -2.30. The first-order chi connectivity index (χ1) is 10.8. The van der Waals surface area contributed by atoms with E-state index >= 15 is 0 Å². The van der Waals surface area contributed by atoms with Gasteiger partial charge in [-0.15, -0.1) is 0 Å². The summed E-state index contributed by atoms with van der Waals surface area (Å²) in [6.45, 7) is 6.70. The van der Waals surface area contributed by atoms with Crippen LogP contribution in [-0.4, -0.2) is 36.2 Å². The first kappa shape index (κ1) is 17.1. The van der Waals surface area contributed by atoms with Crippen molar-refractivity contribution < 1.29 is 19.1 Å². The van der Waals surface area contributed by atoms with Gasteiger partial charge in [0, 0.05) is 19.2 Å². The second kappa shape index (κ2) is 6.86. The van der Waals surface area contributed by atoms with Crippen LogP contribution in [0.25, 0.3) is 6.08 Å². The molecule has 0 radical (unpaired) electrons. The van der Waals surface area contributed by atoms with Crippen LogP contribution in [0.3, 0.4) is 0 Å². The average molecular weight is 317 g/mol. The summed E-state index contributed by atoms with van der Waals surface area (Å²) in [5, 5.41) is 0. The molecule has 0 aliphatic carbocycles. The minimum atomic E-state index is -0.498. The fourth-order valence-corrected chi connectivity index (χ4v) is 2.50. The minimum absolute atomic E-state index is 0.293. The summed E-state index contributed by atoms with van der Waals surface area (Å²) in [7, 11) is 1.35. The van der Waals surface area contributed by atoms with E-state index in [2.05, 4.69) is 4.74 Å². The van der Waals surface area contributed by atoms with Gasteiger partial charge in [0.05, 0.1) is 7.11 Å². The van der Waals surface area contributed by atoms with Crippen molar-refractivity contribution in [3.8, 4) is 0 Å². The van der Waals surface area contributed by atoms with Gasteiger partial charge in [0.15, 0.2) is 0 Å². The lowest BCUT2D eigenvalue weighted by molar-refractivity contribution is -0.134. The number of rotatable bonds is 2. The van der Waals surface area contributed by atoms with Crippen molar-refractivity contribution >= 4 is 18.1 Å². The topological polar surface area (TPSA) is 55.8 Å². The van der Waals surface area contributed by atoms with Gasteiger partial charge in [0.2, 0.25) is 0 Å². The van der Waals surface area contributed by atoms with Crippen LogP contribution in [-0.2, 0) is 27.2 Å². The molecule has 1 amide bonds. The van der Waals surface area contributed by atoms with Gasteiger partial charge in [-0.1, -0.05) is 18.2 Å². The van der Waals surface area contributed by atoms with Crippen LogP contribution in [0, 0.1) is 0 Å². The maximum absolute atomic E-state index is 12.2. The summed E-state index contributed by atoms with van der Waals surface area (Å²) in [6.07, 6.45) is 3.61. The molecule has 1 aromatic carbocycles. The molecule has 0 saturated heterocycles. The monoisotopic (exact) mass is 317 g/mol. The van der Waals surface area contributed by atoms with E-state index in [1.165, 1.54) is 13.2 Å². The zero-order chi connectivity index (χ0) is 17.0. The van der Waals surface area contributed by atoms with Crippen LogP contribution in [0.5, 0.6) is 0 Å². The molecule has 0 saturated carbocycles. The largest absolute Gasteiger partial charge is 0.466 e. The molecular formula is C18H23NO4. The summed E-state index contributed by atoms with van der Waals surface area (Å²) in [6, 6.07) is 5.89. The normalized spacial score (nSPS) is 14.5. The van der Waals surface area contributed by atoms with Crippen molar-refractivity contribution in [2.24, 2.45) is 0 Å². The van der Waals surface area contributed by atoms with E-state index in [9.17, 15) is 9.59 Å². The number of nitrogens with zero attached hydrogens (tertiary/aromatic N) is 1. The molecule has 0 aromatic heterocycles. The van der Waals surface area contributed by atoms with Crippen LogP contribution >= 0.6 is 0 Å². The molecule has 0 fully saturated rings.